The van der Waals surface area contributed by atoms with Crippen molar-refractivity contribution < 1.29 is 9.53 Å². The molecule has 1 aromatic carbocycles. The van der Waals surface area contributed by atoms with Crippen LogP contribution in [0.15, 0.2) is 41.0 Å². The zero-order valence-electron chi connectivity index (χ0n) is 13.9. The lowest BCUT2D eigenvalue weighted by atomic mass is 10.1. The normalized spacial score (nSPS) is 14.7. The fraction of sp³-hybridized carbons (Fsp3) is 0.278. The first-order chi connectivity index (χ1) is 12.7. The van der Waals surface area contributed by atoms with Gasteiger partial charge in [-0.2, -0.15) is 0 Å². The van der Waals surface area contributed by atoms with Gasteiger partial charge in [-0.1, -0.05) is 35.5 Å². The quantitative estimate of drug-likeness (QED) is 0.485. The number of hydrogen-bond donors (Lipinski definition) is 0. The lowest BCUT2D eigenvalue weighted by molar-refractivity contribution is -0.132. The van der Waals surface area contributed by atoms with Gasteiger partial charge >= 0.3 is 0 Å². The highest BCUT2D eigenvalue weighted by Gasteiger charge is 2.19. The first-order valence-electron chi connectivity index (χ1n) is 8.19. The van der Waals surface area contributed by atoms with Crippen molar-refractivity contribution in [1.82, 2.24) is 14.9 Å². The molecule has 5 nitrogen and oxygen atoms in total. The number of benzene rings is 1. The molecule has 0 N–H and O–H groups in total. The van der Waals surface area contributed by atoms with E-state index < -0.39 is 0 Å². The second-order valence-corrected chi connectivity index (χ2v) is 8.06. The number of carbonyl (C=O) groups excluding carboxylic acids is 1. The van der Waals surface area contributed by atoms with Crippen LogP contribution in [0.4, 0.5) is 0 Å². The van der Waals surface area contributed by atoms with E-state index in [-0.39, 0.29) is 5.91 Å². The highest BCUT2D eigenvalue weighted by atomic mass is 35.5. The molecule has 0 radical (unpaired) electrons. The molecule has 8 heteroatoms. The lowest BCUT2D eigenvalue weighted by Crippen LogP contribution is -2.41. The highest BCUT2D eigenvalue weighted by Crippen LogP contribution is 2.38. The molecule has 0 aliphatic carbocycles. The average Bonchev–Trinajstić information content (AvgIpc) is 3.12. The Labute approximate surface area is 164 Å². The number of nitrogens with zero attached hydrogens (tertiary/aromatic N) is 3. The van der Waals surface area contributed by atoms with Gasteiger partial charge in [0.05, 0.1) is 24.4 Å². The van der Waals surface area contributed by atoms with Crippen molar-refractivity contribution in [3.63, 3.8) is 0 Å². The van der Waals surface area contributed by atoms with E-state index in [1.54, 1.807) is 17.7 Å². The molecule has 1 saturated heterocycles. The van der Waals surface area contributed by atoms with Gasteiger partial charge in [0.2, 0.25) is 5.91 Å². The van der Waals surface area contributed by atoms with Gasteiger partial charge in [0.25, 0.3) is 0 Å². The predicted molar refractivity (Wildman–Crippen MR) is 106 cm³/mol. The van der Waals surface area contributed by atoms with Crippen LogP contribution >= 0.6 is 34.7 Å². The molecular formula is C18H16ClN3O2S2. The van der Waals surface area contributed by atoms with Gasteiger partial charge in [0.1, 0.15) is 16.2 Å². The first-order valence-corrected chi connectivity index (χ1v) is 10.4. The third kappa shape index (κ3) is 3.71. The number of fused-ring (bicyclic) bond motifs is 1. The van der Waals surface area contributed by atoms with Crippen molar-refractivity contribution in [3.8, 4) is 11.1 Å². The van der Waals surface area contributed by atoms with Gasteiger partial charge in [-0.3, -0.25) is 4.79 Å². The van der Waals surface area contributed by atoms with Crippen LogP contribution in [0.3, 0.4) is 0 Å². The van der Waals surface area contributed by atoms with Crippen LogP contribution in [0.5, 0.6) is 0 Å². The Morgan fingerprint density at radius 1 is 1.23 bits per heavy atom. The molecule has 0 spiro atoms. The van der Waals surface area contributed by atoms with E-state index in [0.29, 0.717) is 37.1 Å². The average molecular weight is 406 g/mol. The molecule has 4 rings (SSSR count). The van der Waals surface area contributed by atoms with Gasteiger partial charge in [0.15, 0.2) is 0 Å². The monoisotopic (exact) mass is 405 g/mol. The van der Waals surface area contributed by atoms with E-state index in [9.17, 15) is 4.79 Å². The Hall–Kier alpha value is -1.67. The molecule has 1 fully saturated rings. The van der Waals surface area contributed by atoms with E-state index in [4.69, 9.17) is 16.3 Å². The van der Waals surface area contributed by atoms with Crippen LogP contribution in [-0.2, 0) is 9.53 Å². The van der Waals surface area contributed by atoms with Gasteiger partial charge in [-0.15, -0.1) is 11.3 Å². The van der Waals surface area contributed by atoms with Crippen molar-refractivity contribution in [2.24, 2.45) is 0 Å². The second-order valence-electron chi connectivity index (χ2n) is 5.80. The number of amides is 1. The molecule has 3 aromatic rings. The molecule has 0 saturated carbocycles. The summed E-state index contributed by atoms with van der Waals surface area (Å²) in [7, 11) is 0. The summed E-state index contributed by atoms with van der Waals surface area (Å²) in [6.07, 6.45) is 1.56. The van der Waals surface area contributed by atoms with Crippen molar-refractivity contribution in [2.75, 3.05) is 32.1 Å². The smallest absolute Gasteiger partial charge is 0.233 e. The van der Waals surface area contributed by atoms with E-state index in [1.807, 2.05) is 29.2 Å². The third-order valence-corrected chi connectivity index (χ3v) is 6.30. The minimum atomic E-state index is 0.119. The zero-order chi connectivity index (χ0) is 17.9. The van der Waals surface area contributed by atoms with Gasteiger partial charge in [-0.25, -0.2) is 9.97 Å². The Bertz CT molecular complexity index is 924. The summed E-state index contributed by atoms with van der Waals surface area (Å²) < 4.78 is 5.30. The van der Waals surface area contributed by atoms with E-state index >= 15 is 0 Å². The fourth-order valence-electron chi connectivity index (χ4n) is 2.83. The molecule has 2 aromatic heterocycles. The number of hydrogen-bond acceptors (Lipinski definition) is 6. The van der Waals surface area contributed by atoms with Crippen molar-refractivity contribution in [1.29, 1.82) is 0 Å². The van der Waals surface area contributed by atoms with Crippen LogP contribution in [0.2, 0.25) is 5.02 Å². The number of halogens is 1. The summed E-state index contributed by atoms with van der Waals surface area (Å²) in [5, 5.41) is 4.62. The molecule has 1 aliphatic rings. The second kappa shape index (κ2) is 7.92. The molecule has 1 aliphatic heterocycles. The first kappa shape index (κ1) is 17.7. The van der Waals surface area contributed by atoms with E-state index in [0.717, 1.165) is 26.4 Å². The lowest BCUT2D eigenvalue weighted by Gasteiger charge is -2.26. The van der Waals surface area contributed by atoms with Crippen molar-refractivity contribution >= 4 is 50.8 Å². The molecule has 0 bridgehead atoms. The van der Waals surface area contributed by atoms with Gasteiger partial charge in [-0.05, 0) is 17.7 Å². The molecule has 0 unspecified atom stereocenters. The van der Waals surface area contributed by atoms with Crippen LogP contribution in [-0.4, -0.2) is 52.8 Å². The van der Waals surface area contributed by atoms with Gasteiger partial charge < -0.3 is 9.64 Å². The third-order valence-electron chi connectivity index (χ3n) is 4.19. The summed E-state index contributed by atoms with van der Waals surface area (Å²) in [6.45, 7) is 2.54. The zero-order valence-corrected chi connectivity index (χ0v) is 16.2. The van der Waals surface area contributed by atoms with E-state index in [1.165, 1.54) is 11.8 Å². The summed E-state index contributed by atoms with van der Waals surface area (Å²) in [5.41, 5.74) is 2.14. The SMILES string of the molecule is O=C(CSc1ncnc2scc(-c3ccc(Cl)cc3)c12)N1CCOCC1. The van der Waals surface area contributed by atoms with Crippen LogP contribution in [0.25, 0.3) is 21.3 Å². The van der Waals surface area contributed by atoms with E-state index in [2.05, 4.69) is 15.3 Å². The maximum Gasteiger partial charge on any atom is 0.233 e. The number of rotatable bonds is 4. The molecule has 134 valence electrons. The fourth-order valence-corrected chi connectivity index (χ4v) is 4.86. The number of ether oxygens (including phenoxy) is 1. The number of thioether (sulfide) groups is 1. The molecule has 1 amide bonds. The largest absolute Gasteiger partial charge is 0.378 e. The molecular weight excluding hydrogens is 390 g/mol. The molecule has 26 heavy (non-hydrogen) atoms. The number of morpholine rings is 1. The Kier molecular flexibility index (Phi) is 5.40. The summed E-state index contributed by atoms with van der Waals surface area (Å²) in [6, 6.07) is 7.73. The molecule has 0 atom stereocenters. The van der Waals surface area contributed by atoms with Crippen molar-refractivity contribution in [2.45, 2.75) is 5.03 Å². The maximum atomic E-state index is 12.4. The van der Waals surface area contributed by atoms with Crippen LogP contribution in [0, 0.1) is 0 Å². The standard InChI is InChI=1S/C18H16ClN3O2S2/c19-13-3-1-12(2-4-13)14-9-25-17-16(14)18(21-11-20-17)26-10-15(23)22-5-7-24-8-6-22/h1-4,9,11H,5-8,10H2. The Morgan fingerprint density at radius 3 is 2.77 bits per heavy atom. The minimum Gasteiger partial charge on any atom is -0.378 e. The minimum absolute atomic E-state index is 0.119. The highest BCUT2D eigenvalue weighted by molar-refractivity contribution is 8.00. The van der Waals surface area contributed by atoms with Crippen LogP contribution < -0.4 is 0 Å². The number of carbonyl (C=O) groups is 1. The van der Waals surface area contributed by atoms with Crippen LogP contribution in [0.1, 0.15) is 0 Å². The number of thiophene rings is 1. The van der Waals surface area contributed by atoms with Gasteiger partial charge in [0, 0.05) is 29.1 Å². The number of aromatic nitrogens is 2. The predicted octanol–water partition coefficient (Wildman–Crippen LogP) is 3.96. The summed E-state index contributed by atoms with van der Waals surface area (Å²) in [5.74, 6) is 0.482. The summed E-state index contributed by atoms with van der Waals surface area (Å²) in [4.78, 5) is 24.0. The maximum absolute atomic E-state index is 12.4. The topological polar surface area (TPSA) is 55.3 Å². The Balaban J connectivity index is 1.59. The molecule has 3 heterocycles. The summed E-state index contributed by atoms with van der Waals surface area (Å²) >= 11 is 9.05. The Morgan fingerprint density at radius 2 is 2.00 bits per heavy atom. The van der Waals surface area contributed by atoms with Crippen molar-refractivity contribution in [3.05, 3.63) is 41.0 Å².